The fraction of sp³-hybridized carbons (Fsp3) is 0.827. The minimum Gasteiger partial charge on any atom is -0.394 e. The quantitative estimate of drug-likeness (QED) is 0.0317. The summed E-state index contributed by atoms with van der Waals surface area (Å²) in [4.78, 5) is 13.2. The maximum absolute atomic E-state index is 13.2. The first-order valence-electron chi connectivity index (χ1n) is 26.4. The standard InChI is InChI=1S/C52H91NO18/c1-3-5-7-9-11-13-14-15-16-17-18-19-20-22-24-26-28-30-40(58)53-35(36(57)29-27-25-23-21-12-10-8-6-4-2)34-66-50-46(64)43(61)48(38(32-55)68-50)71-52-47(65)44(62)49(39(33-56)69-52)70-51-45(63)42(60)41(59)37(31-54)67-51/h5,7,11,13,15-16,27,29,35-39,41-52,54-57,59-65H,3-4,6,8-10,12,14,17-26,28,30-34H2,1-2H3,(H,53,58)/b7-5-,13-11-,16-15-,29-27+. The van der Waals surface area contributed by atoms with Crippen LogP contribution in [-0.4, -0.2) is 193 Å². The minimum atomic E-state index is -1.98. The predicted octanol–water partition coefficient (Wildman–Crippen LogP) is 2.36. The van der Waals surface area contributed by atoms with E-state index in [0.29, 0.717) is 6.42 Å². The molecule has 19 heteroatoms. The highest BCUT2D eigenvalue weighted by Crippen LogP contribution is 2.33. The van der Waals surface area contributed by atoms with Crippen LogP contribution in [0.5, 0.6) is 0 Å². The van der Waals surface area contributed by atoms with Gasteiger partial charge in [0.2, 0.25) is 5.91 Å². The van der Waals surface area contributed by atoms with Crippen LogP contribution in [0.15, 0.2) is 48.6 Å². The molecule has 3 fully saturated rings. The Morgan fingerprint density at radius 1 is 0.521 bits per heavy atom. The Morgan fingerprint density at radius 2 is 0.972 bits per heavy atom. The second kappa shape index (κ2) is 36.7. The van der Waals surface area contributed by atoms with Gasteiger partial charge in [-0.1, -0.05) is 133 Å². The summed E-state index contributed by atoms with van der Waals surface area (Å²) >= 11 is 0. The van der Waals surface area contributed by atoms with E-state index in [1.165, 1.54) is 25.7 Å². The lowest BCUT2D eigenvalue weighted by Gasteiger charge is -2.48. The van der Waals surface area contributed by atoms with Crippen molar-refractivity contribution in [2.75, 3.05) is 26.4 Å². The Hall–Kier alpha value is -2.25. The maximum Gasteiger partial charge on any atom is 0.220 e. The molecule has 0 saturated carbocycles. The molecule has 3 saturated heterocycles. The molecule has 71 heavy (non-hydrogen) atoms. The van der Waals surface area contributed by atoms with Crippen LogP contribution in [0, 0.1) is 0 Å². The van der Waals surface area contributed by atoms with E-state index in [2.05, 4.69) is 55.6 Å². The fourth-order valence-electron chi connectivity index (χ4n) is 8.73. The molecule has 19 nitrogen and oxygen atoms in total. The topological polar surface area (TPSA) is 307 Å². The zero-order valence-electron chi connectivity index (χ0n) is 42.2. The van der Waals surface area contributed by atoms with Gasteiger partial charge < -0.3 is 89.9 Å². The monoisotopic (exact) mass is 1020 g/mol. The number of aliphatic hydroxyl groups is 11. The van der Waals surface area contributed by atoms with Crippen molar-refractivity contribution in [3.63, 3.8) is 0 Å². The Balaban J connectivity index is 1.53. The second-order valence-corrected chi connectivity index (χ2v) is 19.0. The highest BCUT2D eigenvalue weighted by Gasteiger charge is 2.53. The average molecular weight is 1020 g/mol. The average Bonchev–Trinajstić information content (AvgIpc) is 3.36. The van der Waals surface area contributed by atoms with E-state index in [-0.39, 0.29) is 18.9 Å². The molecule has 1 amide bonds. The van der Waals surface area contributed by atoms with Gasteiger partial charge in [0.15, 0.2) is 18.9 Å². The molecule has 0 radical (unpaired) electrons. The van der Waals surface area contributed by atoms with Gasteiger partial charge in [-0.25, -0.2) is 0 Å². The molecule has 412 valence electrons. The summed E-state index contributed by atoms with van der Waals surface area (Å²) < 4.78 is 34.1. The largest absolute Gasteiger partial charge is 0.394 e. The number of amides is 1. The molecule has 3 aliphatic heterocycles. The number of nitrogens with one attached hydrogen (secondary N) is 1. The summed E-state index contributed by atoms with van der Waals surface area (Å²) in [5, 5.41) is 119. The first-order valence-corrected chi connectivity index (χ1v) is 26.4. The van der Waals surface area contributed by atoms with E-state index >= 15 is 0 Å². The second-order valence-electron chi connectivity index (χ2n) is 19.0. The van der Waals surface area contributed by atoms with E-state index in [4.69, 9.17) is 28.4 Å². The van der Waals surface area contributed by atoms with Crippen molar-refractivity contribution in [1.82, 2.24) is 5.32 Å². The number of ether oxygens (including phenoxy) is 6. The van der Waals surface area contributed by atoms with Crippen LogP contribution < -0.4 is 5.32 Å². The van der Waals surface area contributed by atoms with Gasteiger partial charge in [0, 0.05) is 6.42 Å². The molecule has 0 aromatic heterocycles. The summed E-state index contributed by atoms with van der Waals surface area (Å²) in [5.41, 5.74) is 0. The van der Waals surface area contributed by atoms with Gasteiger partial charge in [0.05, 0.1) is 38.6 Å². The van der Waals surface area contributed by atoms with Crippen molar-refractivity contribution in [2.45, 2.75) is 247 Å². The molecule has 0 aromatic rings. The third-order valence-corrected chi connectivity index (χ3v) is 13.1. The summed E-state index contributed by atoms with van der Waals surface area (Å²) in [5.74, 6) is -0.292. The van der Waals surface area contributed by atoms with Gasteiger partial charge >= 0.3 is 0 Å². The Labute approximate surface area is 421 Å². The van der Waals surface area contributed by atoms with Crippen LogP contribution in [0.4, 0.5) is 0 Å². The number of aliphatic hydroxyl groups excluding tert-OH is 11. The first kappa shape index (κ1) is 63.0. The lowest BCUT2D eigenvalue weighted by molar-refractivity contribution is -0.379. The van der Waals surface area contributed by atoms with Crippen molar-refractivity contribution in [2.24, 2.45) is 0 Å². The molecule has 17 unspecified atom stereocenters. The molecule has 3 rings (SSSR count). The molecule has 0 aromatic carbocycles. The Kier molecular flexibility index (Phi) is 32.5. The fourth-order valence-corrected chi connectivity index (χ4v) is 8.73. The Bertz CT molecular complexity index is 1500. The smallest absolute Gasteiger partial charge is 0.220 e. The lowest BCUT2D eigenvalue weighted by Crippen LogP contribution is -2.66. The number of hydrogen-bond donors (Lipinski definition) is 12. The summed E-state index contributed by atoms with van der Waals surface area (Å²) in [7, 11) is 0. The van der Waals surface area contributed by atoms with Crippen molar-refractivity contribution in [3.05, 3.63) is 48.6 Å². The van der Waals surface area contributed by atoms with Gasteiger partial charge in [-0.15, -0.1) is 0 Å². The molecule has 3 heterocycles. The van der Waals surface area contributed by atoms with E-state index in [0.717, 1.165) is 89.9 Å². The predicted molar refractivity (Wildman–Crippen MR) is 263 cm³/mol. The van der Waals surface area contributed by atoms with Crippen LogP contribution in [-0.2, 0) is 33.2 Å². The molecular formula is C52H91NO18. The van der Waals surface area contributed by atoms with Crippen molar-refractivity contribution in [1.29, 1.82) is 0 Å². The van der Waals surface area contributed by atoms with Crippen LogP contribution in [0.3, 0.4) is 0 Å². The van der Waals surface area contributed by atoms with Gasteiger partial charge in [-0.2, -0.15) is 0 Å². The van der Waals surface area contributed by atoms with Crippen molar-refractivity contribution in [3.8, 4) is 0 Å². The molecule has 17 atom stereocenters. The lowest BCUT2D eigenvalue weighted by atomic mass is 9.96. The highest BCUT2D eigenvalue weighted by atomic mass is 16.8. The zero-order chi connectivity index (χ0) is 52.0. The molecular weight excluding hydrogens is 927 g/mol. The third kappa shape index (κ3) is 22.2. The van der Waals surface area contributed by atoms with Crippen molar-refractivity contribution < 1.29 is 89.4 Å². The van der Waals surface area contributed by atoms with Gasteiger partial charge in [0.25, 0.3) is 0 Å². The third-order valence-electron chi connectivity index (χ3n) is 13.1. The highest BCUT2D eigenvalue weighted by molar-refractivity contribution is 5.76. The SMILES string of the molecule is CC/C=C\C/C=C\C/C=C\CCCCCCCCCC(=O)NC(COC1OC(CO)C(OC2OC(CO)C(OC3OC(CO)C(O)C(O)C3O)C(O)C2O)C(O)C1O)C(O)/C=C/CCCCCCCCC. The minimum absolute atomic E-state index is 0.230. The van der Waals surface area contributed by atoms with Crippen LogP contribution >= 0.6 is 0 Å². The summed E-state index contributed by atoms with van der Waals surface area (Å²) in [6.45, 7) is 1.52. The number of unbranched alkanes of at least 4 members (excludes halogenated alkanes) is 14. The zero-order valence-corrected chi connectivity index (χ0v) is 42.2. The molecule has 0 aliphatic carbocycles. The van der Waals surface area contributed by atoms with E-state index in [9.17, 15) is 61.0 Å². The van der Waals surface area contributed by atoms with Gasteiger partial charge in [-0.05, 0) is 51.4 Å². The van der Waals surface area contributed by atoms with E-state index in [1.54, 1.807) is 6.08 Å². The van der Waals surface area contributed by atoms with E-state index in [1.807, 2.05) is 6.08 Å². The first-order chi connectivity index (χ1) is 34.3. The summed E-state index contributed by atoms with van der Waals surface area (Å²) in [6.07, 6.45) is 9.80. The molecule has 12 N–H and O–H groups in total. The van der Waals surface area contributed by atoms with Crippen LogP contribution in [0.1, 0.15) is 142 Å². The number of allylic oxidation sites excluding steroid dienone is 7. The van der Waals surface area contributed by atoms with Crippen molar-refractivity contribution >= 4 is 5.91 Å². The van der Waals surface area contributed by atoms with Crippen LogP contribution in [0.2, 0.25) is 0 Å². The van der Waals surface area contributed by atoms with Gasteiger partial charge in [-0.3, -0.25) is 4.79 Å². The van der Waals surface area contributed by atoms with E-state index < -0.39 is 124 Å². The number of rotatable bonds is 36. The molecule has 3 aliphatic rings. The van der Waals surface area contributed by atoms with Crippen LogP contribution in [0.25, 0.3) is 0 Å². The maximum atomic E-state index is 13.2. The van der Waals surface area contributed by atoms with Gasteiger partial charge in [0.1, 0.15) is 73.2 Å². The number of carbonyl (C=O) groups is 1. The molecule has 0 spiro atoms. The Morgan fingerprint density at radius 3 is 1.52 bits per heavy atom. The number of hydrogen-bond acceptors (Lipinski definition) is 18. The number of carbonyl (C=O) groups excluding carboxylic acids is 1. The molecule has 0 bridgehead atoms. The summed E-state index contributed by atoms with van der Waals surface area (Å²) in [6, 6.07) is -0.976. The normalized spacial score (nSPS) is 32.7.